The molecular formula is C13H25N3O. The van der Waals surface area contributed by atoms with Crippen molar-refractivity contribution in [3.8, 4) is 0 Å². The van der Waals surface area contributed by atoms with Gasteiger partial charge in [0.1, 0.15) is 0 Å². The molecule has 4 heteroatoms. The summed E-state index contributed by atoms with van der Waals surface area (Å²) in [7, 11) is 0. The van der Waals surface area contributed by atoms with Crippen molar-refractivity contribution < 1.29 is 4.79 Å². The van der Waals surface area contributed by atoms with Gasteiger partial charge in [-0.25, -0.2) is 0 Å². The molecule has 0 spiro atoms. The van der Waals surface area contributed by atoms with E-state index in [1.165, 1.54) is 19.3 Å². The zero-order valence-corrected chi connectivity index (χ0v) is 10.8. The van der Waals surface area contributed by atoms with E-state index in [0.29, 0.717) is 24.3 Å². The van der Waals surface area contributed by atoms with Crippen LogP contribution >= 0.6 is 0 Å². The molecule has 0 bridgehead atoms. The van der Waals surface area contributed by atoms with E-state index < -0.39 is 0 Å². The van der Waals surface area contributed by atoms with E-state index >= 15 is 0 Å². The van der Waals surface area contributed by atoms with E-state index in [1.807, 2.05) is 0 Å². The van der Waals surface area contributed by atoms with Gasteiger partial charge >= 0.3 is 0 Å². The largest absolute Gasteiger partial charge is 0.353 e. The molecule has 98 valence electrons. The Balaban J connectivity index is 1.64. The number of hydrogen-bond donors (Lipinski definition) is 2. The SMILES string of the molecule is CC1CN(CCC(=O)NC2CC2)CCC1CN. The smallest absolute Gasteiger partial charge is 0.221 e. The van der Waals surface area contributed by atoms with Crippen LogP contribution in [0, 0.1) is 11.8 Å². The van der Waals surface area contributed by atoms with Gasteiger partial charge in [0, 0.05) is 25.6 Å². The van der Waals surface area contributed by atoms with Crippen LogP contribution < -0.4 is 11.1 Å². The topological polar surface area (TPSA) is 58.4 Å². The van der Waals surface area contributed by atoms with E-state index in [0.717, 1.165) is 26.2 Å². The minimum Gasteiger partial charge on any atom is -0.353 e. The first-order valence-electron chi connectivity index (χ1n) is 6.91. The van der Waals surface area contributed by atoms with Gasteiger partial charge in [-0.3, -0.25) is 4.79 Å². The number of rotatable bonds is 5. The van der Waals surface area contributed by atoms with Crippen LogP contribution in [0.2, 0.25) is 0 Å². The second kappa shape index (κ2) is 5.83. The maximum atomic E-state index is 11.6. The van der Waals surface area contributed by atoms with Crippen LogP contribution in [0.25, 0.3) is 0 Å². The Hall–Kier alpha value is -0.610. The highest BCUT2D eigenvalue weighted by Gasteiger charge is 2.26. The molecule has 2 atom stereocenters. The highest BCUT2D eigenvalue weighted by Crippen LogP contribution is 2.22. The van der Waals surface area contributed by atoms with Crippen LogP contribution in [-0.4, -0.2) is 43.0 Å². The molecule has 2 rings (SSSR count). The number of amides is 1. The standard InChI is InChI=1S/C13H25N3O/c1-10-9-16(6-4-11(10)8-14)7-5-13(17)15-12-2-3-12/h10-12H,2-9,14H2,1H3,(H,15,17). The molecule has 1 amide bonds. The molecule has 2 fully saturated rings. The summed E-state index contributed by atoms with van der Waals surface area (Å²) in [6, 6.07) is 0.490. The van der Waals surface area contributed by atoms with E-state index in [9.17, 15) is 4.79 Å². The number of piperidine rings is 1. The van der Waals surface area contributed by atoms with Gasteiger partial charge in [0.15, 0.2) is 0 Å². The molecule has 3 N–H and O–H groups in total. The summed E-state index contributed by atoms with van der Waals surface area (Å²) < 4.78 is 0. The van der Waals surface area contributed by atoms with Crippen LogP contribution in [-0.2, 0) is 4.79 Å². The predicted molar refractivity (Wildman–Crippen MR) is 68.5 cm³/mol. The Morgan fingerprint density at radius 3 is 2.76 bits per heavy atom. The molecule has 0 aromatic rings. The zero-order chi connectivity index (χ0) is 12.3. The third-order valence-electron chi connectivity index (χ3n) is 4.07. The van der Waals surface area contributed by atoms with Gasteiger partial charge in [-0.15, -0.1) is 0 Å². The Labute approximate surface area is 104 Å². The van der Waals surface area contributed by atoms with Crippen LogP contribution in [0.3, 0.4) is 0 Å². The zero-order valence-electron chi connectivity index (χ0n) is 10.8. The average Bonchev–Trinajstić information content (AvgIpc) is 3.10. The Bertz CT molecular complexity index is 265. The summed E-state index contributed by atoms with van der Waals surface area (Å²) in [5.74, 6) is 1.56. The lowest BCUT2D eigenvalue weighted by atomic mass is 9.87. The summed E-state index contributed by atoms with van der Waals surface area (Å²) in [5, 5.41) is 3.04. The number of nitrogens with two attached hydrogens (primary N) is 1. The number of nitrogens with zero attached hydrogens (tertiary/aromatic N) is 1. The second-order valence-corrected chi connectivity index (χ2v) is 5.65. The maximum absolute atomic E-state index is 11.6. The molecule has 1 saturated heterocycles. The number of carbonyl (C=O) groups is 1. The van der Waals surface area contributed by atoms with Gasteiger partial charge in [0.05, 0.1) is 0 Å². The minimum absolute atomic E-state index is 0.223. The molecule has 1 aliphatic heterocycles. The molecule has 1 heterocycles. The number of hydrogen-bond acceptors (Lipinski definition) is 3. The second-order valence-electron chi connectivity index (χ2n) is 5.65. The predicted octanol–water partition coefficient (Wildman–Crippen LogP) is 0.572. The average molecular weight is 239 g/mol. The monoisotopic (exact) mass is 239 g/mol. The van der Waals surface area contributed by atoms with Crippen molar-refractivity contribution in [1.29, 1.82) is 0 Å². The summed E-state index contributed by atoms with van der Waals surface area (Å²) in [6.45, 7) is 6.17. The van der Waals surface area contributed by atoms with Crippen molar-refractivity contribution in [3.05, 3.63) is 0 Å². The van der Waals surface area contributed by atoms with Crippen molar-refractivity contribution in [3.63, 3.8) is 0 Å². The van der Waals surface area contributed by atoms with Crippen molar-refractivity contribution in [1.82, 2.24) is 10.2 Å². The van der Waals surface area contributed by atoms with E-state index in [1.54, 1.807) is 0 Å². The van der Waals surface area contributed by atoms with Crippen molar-refractivity contribution in [2.75, 3.05) is 26.2 Å². The summed E-state index contributed by atoms with van der Waals surface area (Å²) in [5.41, 5.74) is 5.74. The third-order valence-corrected chi connectivity index (χ3v) is 4.07. The number of nitrogens with one attached hydrogen (secondary N) is 1. The first-order chi connectivity index (χ1) is 8.19. The molecule has 0 radical (unpaired) electrons. The fourth-order valence-electron chi connectivity index (χ4n) is 2.62. The number of likely N-dealkylation sites (tertiary alicyclic amines) is 1. The molecule has 2 aliphatic rings. The lowest BCUT2D eigenvalue weighted by Crippen LogP contribution is -2.43. The van der Waals surface area contributed by atoms with Crippen LogP contribution in [0.4, 0.5) is 0 Å². The fourth-order valence-corrected chi connectivity index (χ4v) is 2.62. The minimum atomic E-state index is 0.223. The summed E-state index contributed by atoms with van der Waals surface area (Å²) in [6.07, 6.45) is 4.17. The van der Waals surface area contributed by atoms with E-state index in [4.69, 9.17) is 5.73 Å². The highest BCUT2D eigenvalue weighted by molar-refractivity contribution is 5.76. The molecule has 4 nitrogen and oxygen atoms in total. The quantitative estimate of drug-likeness (QED) is 0.737. The molecular weight excluding hydrogens is 214 g/mol. The Morgan fingerprint density at radius 1 is 1.41 bits per heavy atom. The van der Waals surface area contributed by atoms with Gasteiger partial charge in [-0.2, -0.15) is 0 Å². The van der Waals surface area contributed by atoms with Crippen molar-refractivity contribution >= 4 is 5.91 Å². The summed E-state index contributed by atoms with van der Waals surface area (Å²) in [4.78, 5) is 14.0. The Kier molecular flexibility index (Phi) is 4.40. The van der Waals surface area contributed by atoms with Crippen molar-refractivity contribution in [2.45, 2.75) is 38.6 Å². The molecule has 0 aromatic carbocycles. The molecule has 2 unspecified atom stereocenters. The van der Waals surface area contributed by atoms with Crippen molar-refractivity contribution in [2.24, 2.45) is 17.6 Å². The molecule has 1 saturated carbocycles. The Morgan fingerprint density at radius 2 is 2.18 bits per heavy atom. The van der Waals surface area contributed by atoms with E-state index in [2.05, 4.69) is 17.1 Å². The van der Waals surface area contributed by atoms with Crippen LogP contribution in [0.15, 0.2) is 0 Å². The van der Waals surface area contributed by atoms with Gasteiger partial charge < -0.3 is 16.0 Å². The van der Waals surface area contributed by atoms with Gasteiger partial charge in [-0.1, -0.05) is 6.92 Å². The summed E-state index contributed by atoms with van der Waals surface area (Å²) >= 11 is 0. The lowest BCUT2D eigenvalue weighted by molar-refractivity contribution is -0.121. The van der Waals surface area contributed by atoms with Gasteiger partial charge in [0.2, 0.25) is 5.91 Å². The number of carbonyl (C=O) groups excluding carboxylic acids is 1. The lowest BCUT2D eigenvalue weighted by Gasteiger charge is -2.36. The normalized spacial score (nSPS) is 30.2. The van der Waals surface area contributed by atoms with Crippen LogP contribution in [0.5, 0.6) is 0 Å². The fraction of sp³-hybridized carbons (Fsp3) is 0.923. The van der Waals surface area contributed by atoms with Crippen LogP contribution in [0.1, 0.15) is 32.6 Å². The van der Waals surface area contributed by atoms with E-state index in [-0.39, 0.29) is 5.91 Å². The first kappa shape index (κ1) is 12.8. The third kappa shape index (κ3) is 3.96. The first-order valence-corrected chi connectivity index (χ1v) is 6.91. The molecule has 0 aromatic heterocycles. The maximum Gasteiger partial charge on any atom is 0.221 e. The molecule has 17 heavy (non-hydrogen) atoms. The highest BCUT2D eigenvalue weighted by atomic mass is 16.1. The van der Waals surface area contributed by atoms with Gasteiger partial charge in [-0.05, 0) is 44.2 Å². The molecule has 1 aliphatic carbocycles. The van der Waals surface area contributed by atoms with Gasteiger partial charge in [0.25, 0.3) is 0 Å².